The SMILES string of the molecule is CC1=C(C)C(=O)N(CC2CC3C=CC2C3)C1=O.CC1=C(C)C(=O)N(CCC2CC3C=CC2C3)C1=O.CC1=C(C)C(=O)N(CCCC2CC3C=CC2C3)C1=O.CC1=C(C)C(=O)N(CCCCC2CC3C=CC2C3)C1=O.CC1=C(C)C(=O)N(CCCCCCC2CC3C=CC2C3)C1=O. The van der Waals surface area contributed by atoms with Gasteiger partial charge >= 0.3 is 0 Å². The molecule has 96 heavy (non-hydrogen) atoms. The minimum absolute atomic E-state index is 0.0840. The minimum Gasteiger partial charge on any atom is -0.275 e. The summed E-state index contributed by atoms with van der Waals surface area (Å²) in [6, 6.07) is 0. The second-order valence-electron chi connectivity index (χ2n) is 31.3. The van der Waals surface area contributed by atoms with Gasteiger partial charge < -0.3 is 0 Å². The van der Waals surface area contributed by atoms with Crippen molar-refractivity contribution < 1.29 is 47.9 Å². The van der Waals surface area contributed by atoms with Crippen LogP contribution in [0, 0.1) is 88.8 Å². The van der Waals surface area contributed by atoms with E-state index in [-0.39, 0.29) is 59.1 Å². The number of unbranched alkanes of at least 4 members (excludes halogenated alkanes) is 4. The van der Waals surface area contributed by atoms with Crippen LogP contribution >= 0.6 is 0 Å². The molecule has 15 heteroatoms. The fourth-order valence-electron chi connectivity index (χ4n) is 18.8. The second-order valence-corrected chi connectivity index (χ2v) is 31.3. The van der Waals surface area contributed by atoms with Gasteiger partial charge in [-0.05, 0) is 267 Å². The molecule has 5 fully saturated rings. The first kappa shape index (κ1) is 70.4. The van der Waals surface area contributed by atoms with Crippen molar-refractivity contribution in [2.75, 3.05) is 32.7 Å². The molecule has 0 N–H and O–H groups in total. The Morgan fingerprint density at radius 2 is 0.448 bits per heavy atom. The molecular weight excluding hydrogens is 1200 g/mol. The van der Waals surface area contributed by atoms with Crippen molar-refractivity contribution in [3.05, 3.63) is 116 Å². The first-order chi connectivity index (χ1) is 45.9. The fraction of sp³-hybridized carbons (Fsp3) is 0.630. The lowest BCUT2D eigenvalue weighted by molar-refractivity contribution is -0.139. The third kappa shape index (κ3) is 14.8. The fourth-order valence-corrected chi connectivity index (χ4v) is 18.8. The van der Waals surface area contributed by atoms with Crippen molar-refractivity contribution >= 4 is 59.1 Å². The Hall–Kier alpha value is -6.90. The Kier molecular flexibility index (Phi) is 22.1. The van der Waals surface area contributed by atoms with E-state index in [9.17, 15) is 47.9 Å². The molecule has 10 aliphatic carbocycles. The van der Waals surface area contributed by atoms with Gasteiger partial charge in [0.15, 0.2) is 0 Å². The van der Waals surface area contributed by atoms with Gasteiger partial charge in [0.1, 0.15) is 0 Å². The number of hydrogen-bond acceptors (Lipinski definition) is 10. The number of carbonyl (C=O) groups is 10. The normalized spacial score (nSPS) is 32.9. The Morgan fingerprint density at radius 1 is 0.229 bits per heavy atom. The van der Waals surface area contributed by atoms with Crippen LogP contribution in [-0.4, -0.2) is 116 Å². The third-order valence-corrected chi connectivity index (χ3v) is 25.6. The molecule has 15 aliphatic rings. The molecule has 5 heterocycles. The van der Waals surface area contributed by atoms with Crippen molar-refractivity contribution in [1.29, 1.82) is 0 Å². The summed E-state index contributed by atoms with van der Waals surface area (Å²) in [5.41, 5.74) is 6.19. The quantitative estimate of drug-likeness (QED) is 0.0608. The molecule has 0 aromatic rings. The number of rotatable bonds is 21. The lowest BCUT2D eigenvalue weighted by Crippen LogP contribution is -2.37. The van der Waals surface area contributed by atoms with Gasteiger partial charge in [-0.2, -0.15) is 0 Å². The summed E-state index contributed by atoms with van der Waals surface area (Å²) in [4.78, 5) is 126. The largest absolute Gasteiger partial charge is 0.275 e. The van der Waals surface area contributed by atoms with Gasteiger partial charge in [0.2, 0.25) is 0 Å². The van der Waals surface area contributed by atoms with E-state index >= 15 is 0 Å². The molecular formula is C81H107N5O10. The van der Waals surface area contributed by atoms with Crippen LogP contribution in [0.25, 0.3) is 0 Å². The van der Waals surface area contributed by atoms with E-state index in [1.165, 1.54) is 108 Å². The van der Waals surface area contributed by atoms with E-state index in [4.69, 9.17) is 0 Å². The highest BCUT2D eigenvalue weighted by molar-refractivity contribution is 6.21. The summed E-state index contributed by atoms with van der Waals surface area (Å²) in [6.45, 7) is 20.4. The summed E-state index contributed by atoms with van der Waals surface area (Å²) < 4.78 is 0. The molecule has 15 rings (SSSR count). The predicted molar refractivity (Wildman–Crippen MR) is 370 cm³/mol. The Labute approximate surface area is 570 Å². The maximum atomic E-state index is 11.9. The van der Waals surface area contributed by atoms with Gasteiger partial charge in [-0.15, -0.1) is 0 Å². The van der Waals surface area contributed by atoms with Crippen molar-refractivity contribution in [3.63, 3.8) is 0 Å². The van der Waals surface area contributed by atoms with Crippen molar-refractivity contribution in [2.45, 2.75) is 204 Å². The average molecular weight is 1310 g/mol. The molecule has 10 amide bonds. The molecule has 0 spiro atoms. The van der Waals surface area contributed by atoms with Gasteiger partial charge in [0.05, 0.1) is 0 Å². The van der Waals surface area contributed by atoms with Crippen LogP contribution < -0.4 is 0 Å². The molecule has 5 saturated carbocycles. The maximum Gasteiger partial charge on any atom is 0.256 e. The number of nitrogens with zero attached hydrogens (tertiary/aromatic N) is 5. The van der Waals surface area contributed by atoms with Gasteiger partial charge in [-0.25, -0.2) is 0 Å². The second kappa shape index (κ2) is 30.1. The van der Waals surface area contributed by atoms with Crippen LogP contribution in [0.1, 0.15) is 204 Å². The molecule has 15 unspecified atom stereocenters. The zero-order chi connectivity index (χ0) is 68.5. The molecule has 0 radical (unpaired) electrons. The number of allylic oxidation sites excluding steroid dienone is 10. The lowest BCUT2D eigenvalue weighted by atomic mass is 9.88. The highest BCUT2D eigenvalue weighted by atomic mass is 16.2. The van der Waals surface area contributed by atoms with Gasteiger partial charge in [-0.1, -0.05) is 86.4 Å². The predicted octanol–water partition coefficient (Wildman–Crippen LogP) is 13.8. The lowest BCUT2D eigenvalue weighted by Gasteiger charge is -2.24. The molecule has 5 aliphatic heterocycles. The maximum absolute atomic E-state index is 11.9. The van der Waals surface area contributed by atoms with Crippen LogP contribution in [0.5, 0.6) is 0 Å². The highest BCUT2D eigenvalue weighted by Gasteiger charge is 2.44. The number of hydrogen-bond donors (Lipinski definition) is 0. The Balaban J connectivity index is 0.000000122. The van der Waals surface area contributed by atoms with Crippen LogP contribution in [0.15, 0.2) is 116 Å². The Bertz CT molecular complexity index is 3390. The summed E-state index contributed by atoms with van der Waals surface area (Å²) >= 11 is 0. The molecule has 10 bridgehead atoms. The van der Waals surface area contributed by atoms with Crippen LogP contribution in [0.2, 0.25) is 0 Å². The van der Waals surface area contributed by atoms with Crippen LogP contribution in [-0.2, 0) is 47.9 Å². The van der Waals surface area contributed by atoms with E-state index in [0.29, 0.717) is 118 Å². The summed E-state index contributed by atoms with van der Waals surface area (Å²) in [5.74, 6) is 10.5. The van der Waals surface area contributed by atoms with E-state index in [1.54, 1.807) is 69.2 Å². The van der Waals surface area contributed by atoms with E-state index in [1.807, 2.05) is 0 Å². The van der Waals surface area contributed by atoms with Crippen LogP contribution in [0.3, 0.4) is 0 Å². The summed E-state index contributed by atoms with van der Waals surface area (Å²) in [7, 11) is 0. The number of carbonyl (C=O) groups excluding carboxylic acids is 10. The van der Waals surface area contributed by atoms with E-state index in [0.717, 1.165) is 111 Å². The van der Waals surface area contributed by atoms with Crippen molar-refractivity contribution in [2.24, 2.45) is 88.8 Å². The molecule has 516 valence electrons. The number of imide groups is 5. The zero-order valence-electron chi connectivity index (χ0n) is 59.1. The highest BCUT2D eigenvalue weighted by Crippen LogP contribution is 2.49. The topological polar surface area (TPSA) is 187 Å². The molecule has 0 aromatic heterocycles. The molecule has 15 atom stereocenters. The van der Waals surface area contributed by atoms with Gasteiger partial charge in [-0.3, -0.25) is 72.4 Å². The standard InChI is InChI=1S/C19H27NO2.C17H23NO2.C16H21NO2.C15H19NO2.C14H17NO2/c1-13-14(2)19(22)20(18(13)21)10-6-4-3-5-7-16-11-15-8-9-17(16)12-15;1-11-12(2)17(20)18(16(11)19)8-4-3-5-14-9-13-6-7-15(14)10-13;1-10-11(2)16(19)17(15(10)18)7-3-4-13-8-12-5-6-14(13)9-12;1-9-10(2)15(18)16(14(9)17)6-5-13-8-11-3-4-12(13)7-11;1-8-9(2)14(17)15(13(8)16)7-12-6-10-3-4-11(12)5-10/h8-9,15-17H,3-7,10-12H2,1-2H3;6-7,13-15H,3-5,8-10H2,1-2H3;5-6,12-14H,3-4,7-9H2,1-2H3;3-4,11-13H,5-8H2,1-2H3;3-4,10-12H,5-7H2,1-2H3. The molecule has 15 nitrogen and oxygen atoms in total. The van der Waals surface area contributed by atoms with Gasteiger partial charge in [0.25, 0.3) is 59.1 Å². The smallest absolute Gasteiger partial charge is 0.256 e. The third-order valence-electron chi connectivity index (χ3n) is 25.6. The average Bonchev–Trinajstić information content (AvgIpc) is 1.64. The minimum atomic E-state index is -0.0876. The van der Waals surface area contributed by atoms with E-state index < -0.39 is 0 Å². The number of amides is 10. The Morgan fingerprint density at radius 3 is 0.729 bits per heavy atom. The zero-order valence-corrected chi connectivity index (χ0v) is 59.1. The molecule has 0 aromatic carbocycles. The van der Waals surface area contributed by atoms with Gasteiger partial charge in [0, 0.05) is 88.5 Å². The van der Waals surface area contributed by atoms with E-state index in [2.05, 4.69) is 60.8 Å². The first-order valence-electron chi connectivity index (χ1n) is 37.0. The van der Waals surface area contributed by atoms with Crippen LogP contribution in [0.4, 0.5) is 0 Å². The monoisotopic (exact) mass is 1310 g/mol. The van der Waals surface area contributed by atoms with Crippen molar-refractivity contribution in [1.82, 2.24) is 24.5 Å². The van der Waals surface area contributed by atoms with Crippen molar-refractivity contribution in [3.8, 4) is 0 Å². The first-order valence-corrected chi connectivity index (χ1v) is 37.0. The number of fused-ring (bicyclic) bond motifs is 10. The summed E-state index contributed by atoms with van der Waals surface area (Å²) in [5, 5.41) is 0. The summed E-state index contributed by atoms with van der Waals surface area (Å²) in [6.07, 6.45) is 48.8. The molecule has 0 saturated heterocycles.